The number of thiophene rings is 1. The number of thiazole rings is 1. The van der Waals surface area contributed by atoms with E-state index in [1.165, 1.54) is 16.2 Å². The summed E-state index contributed by atoms with van der Waals surface area (Å²) in [4.78, 5) is 31.6. The predicted octanol–water partition coefficient (Wildman–Crippen LogP) is 3.48. The van der Waals surface area contributed by atoms with Gasteiger partial charge in [0.1, 0.15) is 9.88 Å². The van der Waals surface area contributed by atoms with Crippen molar-refractivity contribution >= 4 is 44.8 Å². The van der Waals surface area contributed by atoms with E-state index in [2.05, 4.69) is 4.98 Å². The Labute approximate surface area is 147 Å². The van der Waals surface area contributed by atoms with Crippen LogP contribution in [0.2, 0.25) is 0 Å². The lowest BCUT2D eigenvalue weighted by Gasteiger charge is -2.15. The van der Waals surface area contributed by atoms with Crippen LogP contribution in [0.4, 0.5) is 0 Å². The summed E-state index contributed by atoms with van der Waals surface area (Å²) in [7, 11) is 1.68. The molecule has 7 heteroatoms. The minimum absolute atomic E-state index is 0.254. The first-order valence-corrected chi connectivity index (χ1v) is 8.98. The molecule has 0 aliphatic heterocycles. The van der Waals surface area contributed by atoms with E-state index in [0.29, 0.717) is 11.4 Å². The molecule has 0 aliphatic carbocycles. The lowest BCUT2D eigenvalue weighted by Crippen LogP contribution is -2.30. The molecule has 0 fully saturated rings. The zero-order chi connectivity index (χ0) is 17.1. The molecule has 2 aromatic heterocycles. The van der Waals surface area contributed by atoms with Crippen molar-refractivity contribution in [2.45, 2.75) is 13.5 Å². The predicted molar refractivity (Wildman–Crippen MR) is 95.4 cm³/mol. The van der Waals surface area contributed by atoms with E-state index in [0.717, 1.165) is 20.1 Å². The van der Waals surface area contributed by atoms with Crippen molar-refractivity contribution < 1.29 is 14.3 Å². The van der Waals surface area contributed by atoms with Crippen LogP contribution in [0.5, 0.6) is 0 Å². The summed E-state index contributed by atoms with van der Waals surface area (Å²) in [6.45, 7) is 2.05. The molecule has 0 spiro atoms. The number of aromatic nitrogens is 1. The average Bonchev–Trinajstić information content (AvgIpc) is 3.17. The zero-order valence-electron chi connectivity index (χ0n) is 13.3. The molecule has 0 atom stereocenters. The number of esters is 1. The van der Waals surface area contributed by atoms with Crippen molar-refractivity contribution in [2.24, 2.45) is 0 Å². The first-order chi connectivity index (χ1) is 11.5. The molecular weight excluding hydrogens is 344 g/mol. The number of hydrogen-bond donors (Lipinski definition) is 0. The van der Waals surface area contributed by atoms with Gasteiger partial charge in [-0.05, 0) is 31.2 Å². The Balaban J connectivity index is 1.55. The SMILES string of the molecule is Cc1ccc(C(=O)OCC(=O)N(C)Cc2nc3ccccc3s2)s1. The Bertz CT molecular complexity index is 852. The molecule has 0 saturated heterocycles. The second-order valence-electron chi connectivity index (χ2n) is 5.31. The van der Waals surface area contributed by atoms with Gasteiger partial charge in [-0.2, -0.15) is 0 Å². The molecule has 1 amide bonds. The number of aryl methyl sites for hydroxylation is 1. The van der Waals surface area contributed by atoms with Gasteiger partial charge in [0.05, 0.1) is 16.8 Å². The Morgan fingerprint density at radius 3 is 2.67 bits per heavy atom. The third-order valence-corrected chi connectivity index (χ3v) is 5.41. The van der Waals surface area contributed by atoms with Gasteiger partial charge in [-0.1, -0.05) is 12.1 Å². The molecule has 0 unspecified atom stereocenters. The summed E-state index contributed by atoms with van der Waals surface area (Å²) in [5.41, 5.74) is 0.929. The third kappa shape index (κ3) is 3.80. The number of carbonyl (C=O) groups excluding carboxylic acids is 2. The Morgan fingerprint density at radius 2 is 1.96 bits per heavy atom. The van der Waals surface area contributed by atoms with Crippen molar-refractivity contribution in [1.82, 2.24) is 9.88 Å². The number of para-hydroxylation sites is 1. The van der Waals surface area contributed by atoms with Gasteiger partial charge in [0.2, 0.25) is 0 Å². The van der Waals surface area contributed by atoms with Crippen molar-refractivity contribution in [2.75, 3.05) is 13.7 Å². The first kappa shape index (κ1) is 16.6. The van der Waals surface area contributed by atoms with Crippen LogP contribution in [-0.2, 0) is 16.1 Å². The van der Waals surface area contributed by atoms with E-state index >= 15 is 0 Å². The van der Waals surface area contributed by atoms with Crippen LogP contribution >= 0.6 is 22.7 Å². The molecular formula is C17H16N2O3S2. The summed E-state index contributed by atoms with van der Waals surface area (Å²) in [5, 5.41) is 0.854. The van der Waals surface area contributed by atoms with Crippen LogP contribution in [0.3, 0.4) is 0 Å². The Hall–Kier alpha value is -2.25. The topological polar surface area (TPSA) is 59.5 Å². The maximum absolute atomic E-state index is 12.1. The summed E-state index contributed by atoms with van der Waals surface area (Å²) < 4.78 is 6.17. The van der Waals surface area contributed by atoms with Crippen LogP contribution in [-0.4, -0.2) is 35.4 Å². The zero-order valence-corrected chi connectivity index (χ0v) is 14.9. The smallest absolute Gasteiger partial charge is 0.348 e. The maximum atomic E-state index is 12.1. The molecule has 0 bridgehead atoms. The van der Waals surface area contributed by atoms with E-state index in [1.54, 1.807) is 24.5 Å². The Kier molecular flexibility index (Phi) is 4.92. The van der Waals surface area contributed by atoms with Gasteiger partial charge in [0, 0.05) is 11.9 Å². The van der Waals surface area contributed by atoms with Crippen molar-refractivity contribution in [3.63, 3.8) is 0 Å². The second-order valence-corrected chi connectivity index (χ2v) is 7.71. The molecule has 1 aromatic carbocycles. The van der Waals surface area contributed by atoms with Crippen LogP contribution in [0.1, 0.15) is 19.6 Å². The van der Waals surface area contributed by atoms with Crippen molar-refractivity contribution in [1.29, 1.82) is 0 Å². The van der Waals surface area contributed by atoms with Gasteiger partial charge in [-0.3, -0.25) is 4.79 Å². The molecule has 0 saturated carbocycles. The largest absolute Gasteiger partial charge is 0.451 e. The maximum Gasteiger partial charge on any atom is 0.348 e. The molecule has 5 nitrogen and oxygen atoms in total. The number of ether oxygens (including phenoxy) is 1. The van der Waals surface area contributed by atoms with E-state index in [-0.39, 0.29) is 12.5 Å². The summed E-state index contributed by atoms with van der Waals surface area (Å²) in [6, 6.07) is 11.4. The molecule has 3 rings (SSSR count). The highest BCUT2D eigenvalue weighted by molar-refractivity contribution is 7.18. The summed E-state index contributed by atoms with van der Waals surface area (Å²) in [6.07, 6.45) is 0. The first-order valence-electron chi connectivity index (χ1n) is 7.35. The van der Waals surface area contributed by atoms with Gasteiger partial charge in [-0.15, -0.1) is 22.7 Å². The molecule has 24 heavy (non-hydrogen) atoms. The van der Waals surface area contributed by atoms with Crippen LogP contribution < -0.4 is 0 Å². The monoisotopic (exact) mass is 360 g/mol. The van der Waals surface area contributed by atoms with Gasteiger partial charge in [0.15, 0.2) is 6.61 Å². The number of carbonyl (C=O) groups is 2. The summed E-state index contributed by atoms with van der Waals surface area (Å²) >= 11 is 2.91. The van der Waals surface area contributed by atoms with Crippen molar-refractivity contribution in [3.05, 3.63) is 51.2 Å². The normalized spacial score (nSPS) is 10.8. The molecule has 0 radical (unpaired) electrons. The molecule has 0 N–H and O–H groups in total. The molecule has 124 valence electrons. The third-order valence-electron chi connectivity index (χ3n) is 3.40. The van der Waals surface area contributed by atoms with Crippen LogP contribution in [0, 0.1) is 6.92 Å². The second kappa shape index (κ2) is 7.11. The van der Waals surface area contributed by atoms with Crippen molar-refractivity contribution in [3.8, 4) is 0 Å². The van der Waals surface area contributed by atoms with E-state index in [4.69, 9.17) is 4.74 Å². The quantitative estimate of drug-likeness (QED) is 0.654. The highest BCUT2D eigenvalue weighted by atomic mass is 32.1. The number of benzene rings is 1. The number of rotatable bonds is 5. The fourth-order valence-corrected chi connectivity index (χ4v) is 3.91. The fourth-order valence-electron chi connectivity index (χ4n) is 2.13. The van der Waals surface area contributed by atoms with Gasteiger partial charge in [0.25, 0.3) is 5.91 Å². The minimum atomic E-state index is -0.463. The number of amides is 1. The average molecular weight is 360 g/mol. The highest BCUT2D eigenvalue weighted by Gasteiger charge is 2.16. The minimum Gasteiger partial charge on any atom is -0.451 e. The van der Waals surface area contributed by atoms with E-state index < -0.39 is 5.97 Å². The molecule has 2 heterocycles. The number of fused-ring (bicyclic) bond motifs is 1. The lowest BCUT2D eigenvalue weighted by atomic mass is 10.3. The molecule has 0 aliphatic rings. The van der Waals surface area contributed by atoms with Gasteiger partial charge in [-0.25, -0.2) is 9.78 Å². The van der Waals surface area contributed by atoms with E-state index in [1.807, 2.05) is 37.3 Å². The van der Waals surface area contributed by atoms with Gasteiger partial charge >= 0.3 is 5.97 Å². The van der Waals surface area contributed by atoms with Crippen LogP contribution in [0.15, 0.2) is 36.4 Å². The Morgan fingerprint density at radius 1 is 1.17 bits per heavy atom. The number of likely N-dealkylation sites (N-methyl/N-ethyl adjacent to an activating group) is 1. The van der Waals surface area contributed by atoms with E-state index in [9.17, 15) is 9.59 Å². The summed E-state index contributed by atoms with van der Waals surface area (Å²) in [5.74, 6) is -0.717. The fraction of sp³-hybridized carbons (Fsp3) is 0.235. The van der Waals surface area contributed by atoms with Gasteiger partial charge < -0.3 is 9.64 Å². The number of nitrogens with zero attached hydrogens (tertiary/aromatic N) is 2. The molecule has 3 aromatic rings. The van der Waals surface area contributed by atoms with Crippen LogP contribution in [0.25, 0.3) is 10.2 Å². The number of hydrogen-bond acceptors (Lipinski definition) is 6. The highest BCUT2D eigenvalue weighted by Crippen LogP contribution is 2.22. The standard InChI is InChI=1S/C17H16N2O3S2/c1-11-7-8-14(23-11)17(21)22-10-16(20)19(2)9-15-18-12-5-3-4-6-13(12)24-15/h3-8H,9-10H2,1-2H3. The lowest BCUT2D eigenvalue weighted by molar-refractivity contribution is -0.133.